The van der Waals surface area contributed by atoms with Crippen LogP contribution in [0, 0.1) is 0 Å². The van der Waals surface area contributed by atoms with Gasteiger partial charge in [-0.15, -0.1) is 0 Å². The standard InChI is InChI=1S/C18H25NO4/c1-19-11-9-18(10-12-19,16(21)8-5-13-20)14-6-4-7-15(22-2)17(14)23-3/h4,6-7,9,11,20H,5,8,10,12-13H2,1-3H3. The number of Topliss-reactive ketones (excluding diaryl/α,β-unsaturated/α-hetero) is 1. The summed E-state index contributed by atoms with van der Waals surface area (Å²) in [5.74, 6) is 1.32. The number of hydrogen-bond donors (Lipinski definition) is 1. The summed E-state index contributed by atoms with van der Waals surface area (Å²) in [6.45, 7) is 0.794. The van der Waals surface area contributed by atoms with Gasteiger partial charge in [0.2, 0.25) is 0 Å². The molecule has 0 aliphatic carbocycles. The monoisotopic (exact) mass is 319 g/mol. The van der Waals surface area contributed by atoms with Gasteiger partial charge in [0.05, 0.1) is 19.6 Å². The Morgan fingerprint density at radius 2 is 2.13 bits per heavy atom. The van der Waals surface area contributed by atoms with Gasteiger partial charge >= 0.3 is 0 Å². The smallest absolute Gasteiger partial charge is 0.165 e. The normalized spacial score (nSPS) is 20.4. The third kappa shape index (κ3) is 3.34. The summed E-state index contributed by atoms with van der Waals surface area (Å²) in [6.07, 6.45) is 5.38. The lowest BCUT2D eigenvalue weighted by Crippen LogP contribution is -2.40. The Labute approximate surface area is 137 Å². The van der Waals surface area contributed by atoms with E-state index in [1.54, 1.807) is 14.2 Å². The molecule has 1 aliphatic heterocycles. The molecular weight excluding hydrogens is 294 g/mol. The fraction of sp³-hybridized carbons (Fsp3) is 0.500. The highest BCUT2D eigenvalue weighted by molar-refractivity contribution is 5.93. The highest BCUT2D eigenvalue weighted by atomic mass is 16.5. The Morgan fingerprint density at radius 1 is 1.35 bits per heavy atom. The van der Waals surface area contributed by atoms with Crippen molar-refractivity contribution in [1.29, 1.82) is 0 Å². The minimum atomic E-state index is -0.735. The van der Waals surface area contributed by atoms with Crippen LogP contribution in [0.5, 0.6) is 11.5 Å². The summed E-state index contributed by atoms with van der Waals surface area (Å²) < 4.78 is 10.9. The van der Waals surface area contributed by atoms with E-state index in [1.165, 1.54) is 0 Å². The molecule has 1 aliphatic rings. The number of aliphatic hydroxyl groups excluding tert-OH is 1. The third-order valence-corrected chi connectivity index (χ3v) is 4.42. The van der Waals surface area contributed by atoms with Gasteiger partial charge in [-0.1, -0.05) is 18.2 Å². The lowest BCUT2D eigenvalue weighted by molar-refractivity contribution is -0.123. The molecule has 0 amide bonds. The Morgan fingerprint density at radius 3 is 2.70 bits per heavy atom. The van der Waals surface area contributed by atoms with E-state index in [2.05, 4.69) is 4.90 Å². The molecule has 1 atom stereocenters. The number of ketones is 1. The van der Waals surface area contributed by atoms with Crippen LogP contribution in [0.15, 0.2) is 30.5 Å². The fourth-order valence-electron chi connectivity index (χ4n) is 3.07. The summed E-state index contributed by atoms with van der Waals surface area (Å²) >= 11 is 0. The van der Waals surface area contributed by atoms with Crippen LogP contribution < -0.4 is 9.47 Å². The zero-order chi connectivity index (χ0) is 16.9. The number of para-hydroxylation sites is 1. The number of carbonyl (C=O) groups excluding carboxylic acids is 1. The van der Waals surface area contributed by atoms with E-state index in [0.29, 0.717) is 30.8 Å². The zero-order valence-corrected chi connectivity index (χ0v) is 14.0. The van der Waals surface area contributed by atoms with Crippen molar-refractivity contribution < 1.29 is 19.4 Å². The largest absolute Gasteiger partial charge is 0.493 e. The summed E-state index contributed by atoms with van der Waals surface area (Å²) in [4.78, 5) is 15.0. The van der Waals surface area contributed by atoms with Crippen molar-refractivity contribution in [2.24, 2.45) is 0 Å². The second kappa shape index (κ2) is 7.51. The molecule has 1 N–H and O–H groups in total. The predicted molar refractivity (Wildman–Crippen MR) is 88.9 cm³/mol. The summed E-state index contributed by atoms with van der Waals surface area (Å²) in [6, 6.07) is 5.63. The number of methoxy groups -OCH3 is 2. The van der Waals surface area contributed by atoms with Crippen molar-refractivity contribution in [3.05, 3.63) is 36.0 Å². The van der Waals surface area contributed by atoms with Crippen molar-refractivity contribution >= 4 is 5.78 Å². The molecule has 0 fully saturated rings. The summed E-state index contributed by atoms with van der Waals surface area (Å²) in [5, 5.41) is 9.07. The van der Waals surface area contributed by atoms with Crippen LogP contribution >= 0.6 is 0 Å². The molecule has 1 aromatic rings. The van der Waals surface area contributed by atoms with Crippen molar-refractivity contribution in [3.8, 4) is 11.5 Å². The third-order valence-electron chi connectivity index (χ3n) is 4.42. The first-order valence-electron chi connectivity index (χ1n) is 7.84. The second-order valence-corrected chi connectivity index (χ2v) is 5.81. The van der Waals surface area contributed by atoms with E-state index < -0.39 is 5.41 Å². The van der Waals surface area contributed by atoms with Crippen LogP contribution in [0.25, 0.3) is 0 Å². The summed E-state index contributed by atoms with van der Waals surface area (Å²) in [7, 11) is 5.17. The molecule has 0 aromatic heterocycles. The second-order valence-electron chi connectivity index (χ2n) is 5.81. The van der Waals surface area contributed by atoms with Gasteiger partial charge < -0.3 is 19.5 Å². The topological polar surface area (TPSA) is 59.0 Å². The number of rotatable bonds is 7. The van der Waals surface area contributed by atoms with Crippen molar-refractivity contribution in [3.63, 3.8) is 0 Å². The minimum absolute atomic E-state index is 0.0146. The van der Waals surface area contributed by atoms with Crippen molar-refractivity contribution in [2.45, 2.75) is 24.7 Å². The van der Waals surface area contributed by atoms with Crippen LogP contribution in [-0.2, 0) is 10.2 Å². The van der Waals surface area contributed by atoms with Crippen LogP contribution in [0.1, 0.15) is 24.8 Å². The average Bonchev–Trinajstić information content (AvgIpc) is 2.59. The van der Waals surface area contributed by atoms with E-state index >= 15 is 0 Å². The zero-order valence-electron chi connectivity index (χ0n) is 14.0. The van der Waals surface area contributed by atoms with Gasteiger partial charge in [0.15, 0.2) is 11.5 Å². The average molecular weight is 319 g/mol. The lowest BCUT2D eigenvalue weighted by atomic mass is 9.71. The number of allylic oxidation sites excluding steroid dienone is 1. The molecule has 1 unspecified atom stereocenters. The number of hydrogen-bond acceptors (Lipinski definition) is 5. The number of aliphatic hydroxyl groups is 1. The SMILES string of the molecule is COc1cccc(C2(C(=O)CCCO)C=CN(C)CC2)c1OC. The number of ether oxygens (including phenoxy) is 2. The van der Waals surface area contributed by atoms with Gasteiger partial charge in [-0.25, -0.2) is 0 Å². The van der Waals surface area contributed by atoms with Gasteiger partial charge in [0.25, 0.3) is 0 Å². The predicted octanol–water partition coefficient (Wildman–Crippen LogP) is 2.13. The molecule has 1 heterocycles. The van der Waals surface area contributed by atoms with E-state index in [4.69, 9.17) is 14.6 Å². The Bertz CT molecular complexity index is 584. The van der Waals surface area contributed by atoms with Crippen molar-refractivity contribution in [1.82, 2.24) is 4.90 Å². The first-order chi connectivity index (χ1) is 11.1. The van der Waals surface area contributed by atoms with Crippen molar-refractivity contribution in [2.75, 3.05) is 34.4 Å². The molecule has 5 heteroatoms. The van der Waals surface area contributed by atoms with Crippen LogP contribution in [0.2, 0.25) is 0 Å². The van der Waals surface area contributed by atoms with Gasteiger partial charge in [-0.05, 0) is 25.1 Å². The molecule has 0 bridgehead atoms. The Kier molecular flexibility index (Phi) is 5.66. The van der Waals surface area contributed by atoms with E-state index in [-0.39, 0.29) is 12.4 Å². The highest BCUT2D eigenvalue weighted by Crippen LogP contribution is 2.44. The van der Waals surface area contributed by atoms with Gasteiger partial charge in [0, 0.05) is 32.2 Å². The molecule has 126 valence electrons. The molecule has 0 saturated carbocycles. The molecule has 0 radical (unpaired) electrons. The maximum Gasteiger partial charge on any atom is 0.165 e. The molecule has 23 heavy (non-hydrogen) atoms. The highest BCUT2D eigenvalue weighted by Gasteiger charge is 2.41. The Hall–Kier alpha value is -2.01. The molecule has 1 aromatic carbocycles. The van der Waals surface area contributed by atoms with E-state index in [9.17, 15) is 4.79 Å². The fourth-order valence-corrected chi connectivity index (χ4v) is 3.07. The van der Waals surface area contributed by atoms with E-state index in [1.807, 2.05) is 37.5 Å². The van der Waals surface area contributed by atoms with Crippen LogP contribution in [0.4, 0.5) is 0 Å². The number of benzene rings is 1. The minimum Gasteiger partial charge on any atom is -0.493 e. The first kappa shape index (κ1) is 17.3. The maximum absolute atomic E-state index is 13.0. The quantitative estimate of drug-likeness (QED) is 0.834. The van der Waals surface area contributed by atoms with E-state index in [0.717, 1.165) is 12.1 Å². The molecule has 0 saturated heterocycles. The van der Waals surface area contributed by atoms with Crippen LogP contribution in [-0.4, -0.2) is 50.2 Å². The summed E-state index contributed by atoms with van der Waals surface area (Å²) in [5.41, 5.74) is 0.0910. The maximum atomic E-state index is 13.0. The van der Waals surface area contributed by atoms with Gasteiger partial charge in [0.1, 0.15) is 5.78 Å². The molecule has 2 rings (SSSR count). The molecule has 5 nitrogen and oxygen atoms in total. The molecular formula is C18H25NO4. The lowest BCUT2D eigenvalue weighted by Gasteiger charge is -2.36. The first-order valence-corrected chi connectivity index (χ1v) is 7.84. The van der Waals surface area contributed by atoms with Crippen LogP contribution in [0.3, 0.4) is 0 Å². The number of carbonyl (C=O) groups is 1. The Balaban J connectivity index is 2.55. The number of nitrogens with zero attached hydrogens (tertiary/aromatic N) is 1. The molecule has 0 spiro atoms. The van der Waals surface area contributed by atoms with Gasteiger partial charge in [-0.3, -0.25) is 4.79 Å². The van der Waals surface area contributed by atoms with Gasteiger partial charge in [-0.2, -0.15) is 0 Å².